The van der Waals surface area contributed by atoms with Crippen LogP contribution in [0.15, 0.2) is 29.4 Å². The SMILES string of the molecule is Cc1ccccc1OCC(=O)N1N=C(CCC(C)C)C[C@]1(O)C(F)(F)F. The van der Waals surface area contributed by atoms with Crippen LogP contribution in [0.2, 0.25) is 0 Å². The molecule has 144 valence electrons. The van der Waals surface area contributed by atoms with E-state index >= 15 is 0 Å². The normalized spacial score (nSPS) is 20.5. The van der Waals surface area contributed by atoms with E-state index in [9.17, 15) is 23.1 Å². The Labute approximate surface area is 150 Å². The van der Waals surface area contributed by atoms with Crippen molar-refractivity contribution in [3.05, 3.63) is 29.8 Å². The van der Waals surface area contributed by atoms with Crippen LogP contribution < -0.4 is 4.74 Å². The number of para-hydroxylation sites is 1. The van der Waals surface area contributed by atoms with Crippen molar-refractivity contribution in [3.8, 4) is 5.75 Å². The van der Waals surface area contributed by atoms with Gasteiger partial charge in [0.15, 0.2) is 6.61 Å². The topological polar surface area (TPSA) is 62.1 Å². The predicted octanol–water partition coefficient (Wildman–Crippen LogP) is 3.65. The summed E-state index contributed by atoms with van der Waals surface area (Å²) in [4.78, 5) is 12.3. The van der Waals surface area contributed by atoms with E-state index in [0.29, 0.717) is 18.6 Å². The lowest BCUT2D eigenvalue weighted by Gasteiger charge is -2.32. The highest BCUT2D eigenvalue weighted by molar-refractivity contribution is 5.91. The van der Waals surface area contributed by atoms with Gasteiger partial charge >= 0.3 is 6.18 Å². The fourth-order valence-electron chi connectivity index (χ4n) is 2.61. The quantitative estimate of drug-likeness (QED) is 0.829. The van der Waals surface area contributed by atoms with Crippen LogP contribution in [-0.4, -0.2) is 40.2 Å². The molecule has 1 heterocycles. The van der Waals surface area contributed by atoms with Gasteiger partial charge in [-0.15, -0.1) is 0 Å². The Balaban J connectivity index is 2.15. The molecule has 1 aromatic carbocycles. The number of aryl methyl sites for hydroxylation is 1. The van der Waals surface area contributed by atoms with Crippen molar-refractivity contribution < 1.29 is 27.8 Å². The molecule has 0 spiro atoms. The van der Waals surface area contributed by atoms with Gasteiger partial charge in [0.1, 0.15) is 5.75 Å². The highest BCUT2D eigenvalue weighted by Gasteiger charge is 2.63. The fraction of sp³-hybridized carbons (Fsp3) is 0.556. The molecular weight excluding hydrogens is 349 g/mol. The van der Waals surface area contributed by atoms with E-state index in [2.05, 4.69) is 5.10 Å². The number of rotatable bonds is 6. The second-order valence-corrected chi connectivity index (χ2v) is 6.85. The third kappa shape index (κ3) is 4.35. The average Bonchev–Trinajstić information content (AvgIpc) is 2.90. The summed E-state index contributed by atoms with van der Waals surface area (Å²) in [6, 6.07) is 6.83. The number of hydrogen-bond donors (Lipinski definition) is 1. The zero-order valence-electron chi connectivity index (χ0n) is 15.0. The summed E-state index contributed by atoms with van der Waals surface area (Å²) in [5.41, 5.74) is -2.43. The maximum Gasteiger partial charge on any atom is 0.438 e. The molecule has 0 aromatic heterocycles. The van der Waals surface area contributed by atoms with Crippen molar-refractivity contribution in [2.45, 2.75) is 51.9 Å². The van der Waals surface area contributed by atoms with Crippen LogP contribution in [0.1, 0.15) is 38.7 Å². The molecule has 1 aliphatic heterocycles. The first-order valence-electron chi connectivity index (χ1n) is 8.41. The molecule has 1 N–H and O–H groups in total. The number of ether oxygens (including phenoxy) is 1. The molecule has 5 nitrogen and oxygen atoms in total. The van der Waals surface area contributed by atoms with Crippen molar-refractivity contribution in [2.24, 2.45) is 11.0 Å². The van der Waals surface area contributed by atoms with E-state index in [0.717, 1.165) is 5.56 Å². The second-order valence-electron chi connectivity index (χ2n) is 6.85. The Morgan fingerprint density at radius 2 is 2.04 bits per heavy atom. The van der Waals surface area contributed by atoms with Crippen LogP contribution in [0.3, 0.4) is 0 Å². The largest absolute Gasteiger partial charge is 0.483 e. The predicted molar refractivity (Wildman–Crippen MR) is 90.6 cm³/mol. The van der Waals surface area contributed by atoms with Gasteiger partial charge in [0.2, 0.25) is 0 Å². The molecule has 0 bridgehead atoms. The van der Waals surface area contributed by atoms with Crippen LogP contribution in [0.5, 0.6) is 5.75 Å². The van der Waals surface area contributed by atoms with Crippen molar-refractivity contribution in [1.29, 1.82) is 0 Å². The molecule has 1 amide bonds. The van der Waals surface area contributed by atoms with Gasteiger partial charge in [-0.3, -0.25) is 4.79 Å². The lowest BCUT2D eigenvalue weighted by Crippen LogP contribution is -2.57. The highest BCUT2D eigenvalue weighted by atomic mass is 19.4. The van der Waals surface area contributed by atoms with Crippen LogP contribution in [0, 0.1) is 12.8 Å². The number of benzene rings is 1. The Hall–Kier alpha value is -2.09. The average molecular weight is 372 g/mol. The Bertz CT molecular complexity index is 689. The molecule has 8 heteroatoms. The fourth-order valence-corrected chi connectivity index (χ4v) is 2.61. The van der Waals surface area contributed by atoms with Crippen molar-refractivity contribution in [3.63, 3.8) is 0 Å². The van der Waals surface area contributed by atoms with Gasteiger partial charge in [0.05, 0.1) is 0 Å². The molecular formula is C18H23F3N2O3. The molecule has 1 aromatic rings. The summed E-state index contributed by atoms with van der Waals surface area (Å²) in [6.45, 7) is 4.98. The van der Waals surface area contributed by atoms with Crippen LogP contribution in [0.25, 0.3) is 0 Å². The zero-order chi connectivity index (χ0) is 19.5. The molecule has 0 saturated carbocycles. The van der Waals surface area contributed by atoms with Gasteiger partial charge < -0.3 is 9.84 Å². The number of carbonyl (C=O) groups excluding carboxylic acids is 1. The summed E-state index contributed by atoms with van der Waals surface area (Å²) < 4.78 is 45.5. The van der Waals surface area contributed by atoms with Gasteiger partial charge in [-0.1, -0.05) is 32.0 Å². The molecule has 26 heavy (non-hydrogen) atoms. The minimum absolute atomic E-state index is 0.126. The van der Waals surface area contributed by atoms with Gasteiger partial charge in [0.25, 0.3) is 11.6 Å². The minimum Gasteiger partial charge on any atom is -0.483 e. The number of amides is 1. The molecule has 0 fully saturated rings. The monoisotopic (exact) mass is 372 g/mol. The first-order valence-corrected chi connectivity index (χ1v) is 8.41. The minimum atomic E-state index is -5.02. The number of nitrogens with zero attached hydrogens (tertiary/aromatic N) is 2. The van der Waals surface area contributed by atoms with Gasteiger partial charge in [-0.25, -0.2) is 0 Å². The van der Waals surface area contributed by atoms with Crippen LogP contribution in [-0.2, 0) is 4.79 Å². The molecule has 2 rings (SSSR count). The molecule has 0 radical (unpaired) electrons. The van der Waals surface area contributed by atoms with Crippen molar-refractivity contribution in [2.75, 3.05) is 6.61 Å². The summed E-state index contributed by atoms with van der Waals surface area (Å²) >= 11 is 0. The molecule has 1 atom stereocenters. The second kappa shape index (κ2) is 7.65. The van der Waals surface area contributed by atoms with E-state index in [1.54, 1.807) is 31.2 Å². The summed E-state index contributed by atoms with van der Waals surface area (Å²) in [5.74, 6) is -0.391. The Morgan fingerprint density at radius 1 is 1.38 bits per heavy atom. The first kappa shape index (κ1) is 20.2. The molecule has 0 aliphatic carbocycles. The van der Waals surface area contributed by atoms with Gasteiger partial charge in [0, 0.05) is 12.1 Å². The molecule has 1 aliphatic rings. The van der Waals surface area contributed by atoms with E-state index in [-0.39, 0.29) is 16.6 Å². The highest BCUT2D eigenvalue weighted by Crippen LogP contribution is 2.41. The summed E-state index contributed by atoms with van der Waals surface area (Å²) in [7, 11) is 0. The van der Waals surface area contributed by atoms with Crippen molar-refractivity contribution >= 4 is 11.6 Å². The summed E-state index contributed by atoms with van der Waals surface area (Å²) in [6.07, 6.45) is -4.85. The number of alkyl halides is 3. The standard InChI is InChI=1S/C18H23F3N2O3/c1-12(2)8-9-14-10-17(25,18(19,20)21)23(22-14)16(24)11-26-15-7-5-4-6-13(15)3/h4-7,12,25H,8-11H2,1-3H3/t17-/m0/s1. The molecule has 0 saturated heterocycles. The third-order valence-corrected chi connectivity index (χ3v) is 4.19. The van der Waals surface area contributed by atoms with Crippen molar-refractivity contribution in [1.82, 2.24) is 5.01 Å². The maximum absolute atomic E-state index is 13.4. The number of hydrogen-bond acceptors (Lipinski definition) is 4. The number of carbonyl (C=O) groups is 1. The Morgan fingerprint density at radius 3 is 2.62 bits per heavy atom. The molecule has 0 unspecified atom stereocenters. The van der Waals surface area contributed by atoms with Crippen LogP contribution in [0.4, 0.5) is 13.2 Å². The first-order chi connectivity index (χ1) is 12.0. The zero-order valence-corrected chi connectivity index (χ0v) is 15.0. The smallest absolute Gasteiger partial charge is 0.438 e. The number of halogens is 3. The number of aliphatic hydroxyl groups is 1. The third-order valence-electron chi connectivity index (χ3n) is 4.19. The van der Waals surface area contributed by atoms with E-state index in [4.69, 9.17) is 4.74 Å². The van der Waals surface area contributed by atoms with E-state index in [1.807, 2.05) is 13.8 Å². The van der Waals surface area contributed by atoms with Crippen LogP contribution >= 0.6 is 0 Å². The number of hydrazone groups is 1. The van der Waals surface area contributed by atoms with Gasteiger partial charge in [-0.2, -0.15) is 23.3 Å². The van der Waals surface area contributed by atoms with Gasteiger partial charge in [-0.05, 0) is 37.3 Å². The maximum atomic E-state index is 13.4. The lowest BCUT2D eigenvalue weighted by atomic mass is 9.99. The Kier molecular flexibility index (Phi) is 5.95. The van der Waals surface area contributed by atoms with E-state index in [1.165, 1.54) is 0 Å². The lowest BCUT2D eigenvalue weighted by molar-refractivity contribution is -0.302. The van der Waals surface area contributed by atoms with E-state index < -0.39 is 30.8 Å². The summed E-state index contributed by atoms with van der Waals surface area (Å²) in [5, 5.41) is 14.0.